The molecular formula is C20H20N8O5. The predicted octanol–water partition coefficient (Wildman–Crippen LogP) is 2.06. The van der Waals surface area contributed by atoms with Gasteiger partial charge in [0.1, 0.15) is 24.3 Å². The molecule has 1 amide bonds. The second-order valence-corrected chi connectivity index (χ2v) is 7.55. The van der Waals surface area contributed by atoms with Crippen LogP contribution in [0, 0.1) is 34.1 Å². The van der Waals surface area contributed by atoms with E-state index in [1.54, 1.807) is 6.33 Å². The molecule has 170 valence electrons. The summed E-state index contributed by atoms with van der Waals surface area (Å²) in [6.45, 7) is 5.48. The molecule has 1 saturated heterocycles. The van der Waals surface area contributed by atoms with Crippen molar-refractivity contribution in [3.05, 3.63) is 74.1 Å². The van der Waals surface area contributed by atoms with Gasteiger partial charge >= 0.3 is 0 Å². The normalized spacial score (nSPS) is 13.8. The average Bonchev–Trinajstić information content (AvgIpc) is 3.16. The molecule has 0 spiro atoms. The number of nitro groups is 2. The first-order chi connectivity index (χ1) is 15.7. The maximum atomic E-state index is 12.9. The van der Waals surface area contributed by atoms with Crippen molar-refractivity contribution in [2.24, 2.45) is 0 Å². The Hall–Kier alpha value is -4.42. The van der Waals surface area contributed by atoms with E-state index in [0.29, 0.717) is 37.8 Å². The Morgan fingerprint density at radius 3 is 2.03 bits per heavy atom. The van der Waals surface area contributed by atoms with Crippen molar-refractivity contribution < 1.29 is 14.6 Å². The van der Waals surface area contributed by atoms with Crippen LogP contribution in [0.1, 0.15) is 21.7 Å². The SMILES string of the molecule is Cc1ncn(-c2cc(N3CCN(C(=O)c4cc([N+](=O)[O-])cc([N+](=O)[O-])c4)CC3)ncn2)c1C. The van der Waals surface area contributed by atoms with Gasteiger partial charge in [-0.3, -0.25) is 29.6 Å². The van der Waals surface area contributed by atoms with E-state index in [4.69, 9.17) is 0 Å². The summed E-state index contributed by atoms with van der Waals surface area (Å²) in [6, 6.07) is 4.81. The van der Waals surface area contributed by atoms with Crippen molar-refractivity contribution in [3.63, 3.8) is 0 Å². The molecule has 13 nitrogen and oxygen atoms in total. The summed E-state index contributed by atoms with van der Waals surface area (Å²) in [4.78, 5) is 50.1. The van der Waals surface area contributed by atoms with Crippen LogP contribution in [0.25, 0.3) is 5.82 Å². The highest BCUT2D eigenvalue weighted by Crippen LogP contribution is 2.24. The average molecular weight is 452 g/mol. The van der Waals surface area contributed by atoms with Gasteiger partial charge in [0.15, 0.2) is 0 Å². The number of amides is 1. The van der Waals surface area contributed by atoms with E-state index in [9.17, 15) is 25.0 Å². The van der Waals surface area contributed by atoms with Crippen molar-refractivity contribution in [3.8, 4) is 5.82 Å². The standard InChI is InChI=1S/C20H20N8O5/c1-13-14(2)26(12-23-13)19-10-18(21-11-22-19)24-3-5-25(6-4-24)20(29)15-7-16(27(30)31)9-17(8-15)28(32)33/h7-12H,3-6H2,1-2H3. The third-order valence-electron chi connectivity index (χ3n) is 5.60. The lowest BCUT2D eigenvalue weighted by molar-refractivity contribution is -0.394. The number of carbonyl (C=O) groups excluding carboxylic acids is 1. The molecule has 33 heavy (non-hydrogen) atoms. The van der Waals surface area contributed by atoms with Gasteiger partial charge in [0.25, 0.3) is 17.3 Å². The van der Waals surface area contributed by atoms with Gasteiger partial charge in [-0.2, -0.15) is 0 Å². The number of nitro benzene ring substituents is 2. The fourth-order valence-corrected chi connectivity index (χ4v) is 3.62. The maximum absolute atomic E-state index is 12.9. The highest BCUT2D eigenvalue weighted by atomic mass is 16.6. The highest BCUT2D eigenvalue weighted by Gasteiger charge is 2.26. The number of anilines is 1. The summed E-state index contributed by atoms with van der Waals surface area (Å²) >= 11 is 0. The first-order valence-corrected chi connectivity index (χ1v) is 10.1. The molecule has 13 heteroatoms. The van der Waals surface area contributed by atoms with Crippen molar-refractivity contribution >= 4 is 23.1 Å². The molecule has 1 aliphatic heterocycles. The van der Waals surface area contributed by atoms with Gasteiger partial charge in [0, 0.05) is 50.1 Å². The van der Waals surface area contributed by atoms with E-state index < -0.39 is 27.1 Å². The van der Waals surface area contributed by atoms with E-state index in [-0.39, 0.29) is 5.56 Å². The molecular weight excluding hydrogens is 432 g/mol. The second kappa shape index (κ2) is 8.61. The molecule has 3 aromatic rings. The van der Waals surface area contributed by atoms with Gasteiger partial charge in [-0.05, 0) is 13.8 Å². The number of hydrogen-bond donors (Lipinski definition) is 0. The monoisotopic (exact) mass is 452 g/mol. The number of aromatic nitrogens is 4. The molecule has 1 aliphatic rings. The van der Waals surface area contributed by atoms with Crippen LogP contribution in [-0.2, 0) is 0 Å². The predicted molar refractivity (Wildman–Crippen MR) is 116 cm³/mol. The van der Waals surface area contributed by atoms with Crippen LogP contribution in [0.2, 0.25) is 0 Å². The fourth-order valence-electron chi connectivity index (χ4n) is 3.62. The number of rotatable bonds is 5. The number of hydrogen-bond acceptors (Lipinski definition) is 9. The van der Waals surface area contributed by atoms with Crippen molar-refractivity contribution in [1.29, 1.82) is 0 Å². The van der Waals surface area contributed by atoms with Crippen molar-refractivity contribution in [2.75, 3.05) is 31.1 Å². The third-order valence-corrected chi connectivity index (χ3v) is 5.60. The van der Waals surface area contributed by atoms with Crippen LogP contribution in [0.4, 0.5) is 17.2 Å². The Bertz CT molecular complexity index is 1220. The lowest BCUT2D eigenvalue weighted by Gasteiger charge is -2.35. The molecule has 0 saturated carbocycles. The second-order valence-electron chi connectivity index (χ2n) is 7.55. The zero-order chi connectivity index (χ0) is 23.7. The Labute approximate surface area is 187 Å². The molecule has 2 aromatic heterocycles. The fraction of sp³-hybridized carbons (Fsp3) is 0.300. The first kappa shape index (κ1) is 21.8. The minimum Gasteiger partial charge on any atom is -0.353 e. The Morgan fingerprint density at radius 1 is 0.879 bits per heavy atom. The molecule has 1 aromatic carbocycles. The lowest BCUT2D eigenvalue weighted by Crippen LogP contribution is -2.49. The minimum absolute atomic E-state index is 0.0837. The smallest absolute Gasteiger partial charge is 0.277 e. The Kier molecular flexibility index (Phi) is 5.69. The van der Waals surface area contributed by atoms with Gasteiger partial charge in [0.05, 0.1) is 27.2 Å². The van der Waals surface area contributed by atoms with Gasteiger partial charge in [-0.15, -0.1) is 0 Å². The van der Waals surface area contributed by atoms with E-state index in [2.05, 4.69) is 15.0 Å². The first-order valence-electron chi connectivity index (χ1n) is 10.1. The third kappa shape index (κ3) is 4.33. The summed E-state index contributed by atoms with van der Waals surface area (Å²) in [5.41, 5.74) is 0.805. The van der Waals surface area contributed by atoms with Crippen LogP contribution in [0.15, 0.2) is 36.9 Å². The molecule has 0 unspecified atom stereocenters. The summed E-state index contributed by atoms with van der Waals surface area (Å²) < 4.78 is 1.87. The number of nitrogens with zero attached hydrogens (tertiary/aromatic N) is 8. The maximum Gasteiger partial charge on any atom is 0.277 e. The number of aryl methyl sites for hydroxylation is 1. The van der Waals surface area contributed by atoms with Gasteiger partial charge in [-0.1, -0.05) is 0 Å². The van der Waals surface area contributed by atoms with E-state index >= 15 is 0 Å². The summed E-state index contributed by atoms with van der Waals surface area (Å²) in [5, 5.41) is 22.2. The van der Waals surface area contributed by atoms with Crippen molar-refractivity contribution in [2.45, 2.75) is 13.8 Å². The van der Waals surface area contributed by atoms with E-state index in [0.717, 1.165) is 29.6 Å². The van der Waals surface area contributed by atoms with Crippen molar-refractivity contribution in [1.82, 2.24) is 24.4 Å². The number of non-ortho nitro benzene ring substituents is 2. The number of imidazole rings is 1. The van der Waals surface area contributed by atoms with Crippen LogP contribution in [0.5, 0.6) is 0 Å². The Balaban J connectivity index is 1.49. The van der Waals surface area contributed by atoms with Gasteiger partial charge < -0.3 is 9.80 Å². The van der Waals surface area contributed by atoms with E-state index in [1.807, 2.05) is 29.4 Å². The molecule has 3 heterocycles. The summed E-state index contributed by atoms with van der Waals surface area (Å²) in [5.74, 6) is 0.888. The molecule has 0 radical (unpaired) electrons. The number of benzene rings is 1. The van der Waals surface area contributed by atoms with Gasteiger partial charge in [0.2, 0.25) is 0 Å². The Morgan fingerprint density at radius 2 is 1.48 bits per heavy atom. The number of carbonyl (C=O) groups is 1. The molecule has 0 aliphatic carbocycles. The highest BCUT2D eigenvalue weighted by molar-refractivity contribution is 5.95. The topological polar surface area (TPSA) is 153 Å². The molecule has 0 N–H and O–H groups in total. The minimum atomic E-state index is -0.752. The zero-order valence-electron chi connectivity index (χ0n) is 17.9. The lowest BCUT2D eigenvalue weighted by atomic mass is 10.1. The van der Waals surface area contributed by atoms with E-state index in [1.165, 1.54) is 11.2 Å². The number of piperazine rings is 1. The summed E-state index contributed by atoms with van der Waals surface area (Å²) in [6.07, 6.45) is 3.17. The molecule has 4 rings (SSSR count). The largest absolute Gasteiger partial charge is 0.353 e. The zero-order valence-corrected chi connectivity index (χ0v) is 17.9. The van der Waals surface area contributed by atoms with Gasteiger partial charge in [-0.25, -0.2) is 15.0 Å². The quantitative estimate of drug-likeness (QED) is 0.418. The molecule has 0 bridgehead atoms. The van der Waals surface area contributed by atoms with Crippen LogP contribution < -0.4 is 4.90 Å². The van der Waals surface area contributed by atoms with Crippen LogP contribution in [-0.4, -0.2) is 66.4 Å². The van der Waals surface area contributed by atoms with Crippen LogP contribution >= 0.6 is 0 Å². The van der Waals surface area contributed by atoms with Crippen LogP contribution in [0.3, 0.4) is 0 Å². The molecule has 1 fully saturated rings. The summed E-state index contributed by atoms with van der Waals surface area (Å²) in [7, 11) is 0. The molecule has 0 atom stereocenters.